The fraction of sp³-hybridized carbons (Fsp3) is 0.541. The predicted molar refractivity (Wildman–Crippen MR) is 185 cm³/mol. The van der Waals surface area contributed by atoms with Crippen LogP contribution in [0, 0.1) is 23.7 Å². The topological polar surface area (TPSA) is 110 Å². The predicted octanol–water partition coefficient (Wildman–Crippen LogP) is 6.34. The fourth-order valence-corrected chi connectivity index (χ4v) is 9.87. The molecular weight excluding hydrogens is 633 g/mol. The van der Waals surface area contributed by atoms with Crippen molar-refractivity contribution in [1.29, 1.82) is 0 Å². The average molecular weight is 683 g/mol. The summed E-state index contributed by atoms with van der Waals surface area (Å²) >= 11 is 0. The van der Waals surface area contributed by atoms with Gasteiger partial charge in [-0.15, -0.1) is 0 Å². The Labute approximate surface area is 281 Å². The zero-order chi connectivity index (χ0) is 34.5. The van der Waals surface area contributed by atoms with E-state index in [1.54, 1.807) is 48.5 Å². The van der Waals surface area contributed by atoms with Crippen molar-refractivity contribution < 1.29 is 26.4 Å². The van der Waals surface area contributed by atoms with Gasteiger partial charge in [-0.3, -0.25) is 4.79 Å². The van der Waals surface area contributed by atoms with Gasteiger partial charge in [0.25, 0.3) is 0 Å². The summed E-state index contributed by atoms with van der Waals surface area (Å²) in [6.07, 6.45) is 2.86. The van der Waals surface area contributed by atoms with Crippen molar-refractivity contribution in [3.8, 4) is 0 Å². The number of ether oxygens (including phenoxy) is 1. The van der Waals surface area contributed by atoms with Crippen molar-refractivity contribution in [2.75, 3.05) is 19.6 Å². The van der Waals surface area contributed by atoms with Gasteiger partial charge >= 0.3 is 5.97 Å². The van der Waals surface area contributed by atoms with Gasteiger partial charge in [0.1, 0.15) is 6.10 Å². The van der Waals surface area contributed by atoms with Gasteiger partial charge in [0.05, 0.1) is 15.7 Å². The number of rotatable bonds is 9. The SMILES string of the molecule is C=C1CC[C@H]2C(=C)CC[C@H]3C(CN(CCNS(=O)(=O)c4ccc(C(C)(C)C)cc4)S(=O)(=O)c4ccc(C(C)(C)C)cc4)C(=O)O[C@@H]3[C@@H]12. The van der Waals surface area contributed by atoms with Crippen molar-refractivity contribution in [2.45, 2.75) is 94.0 Å². The van der Waals surface area contributed by atoms with Crippen LogP contribution in [-0.2, 0) is 40.4 Å². The molecule has 1 unspecified atom stereocenters. The summed E-state index contributed by atoms with van der Waals surface area (Å²) in [6.45, 7) is 20.5. The van der Waals surface area contributed by atoms with Crippen molar-refractivity contribution in [1.82, 2.24) is 9.03 Å². The Morgan fingerprint density at radius 2 is 1.34 bits per heavy atom. The highest BCUT2D eigenvalue weighted by molar-refractivity contribution is 7.89. The maximum absolute atomic E-state index is 14.2. The molecular formula is C37H50N2O6S2. The highest BCUT2D eigenvalue weighted by Gasteiger charge is 2.54. The van der Waals surface area contributed by atoms with E-state index in [-0.39, 0.29) is 64.1 Å². The van der Waals surface area contributed by atoms with E-state index in [1.807, 2.05) is 0 Å². The van der Waals surface area contributed by atoms with Gasteiger partial charge < -0.3 is 4.74 Å². The molecule has 2 aliphatic carbocycles. The molecule has 3 fully saturated rings. The number of hydrogen-bond acceptors (Lipinski definition) is 6. The second-order valence-corrected chi connectivity index (χ2v) is 19.2. The number of carbonyl (C=O) groups is 1. The molecule has 0 aromatic heterocycles. The number of benzene rings is 2. The maximum atomic E-state index is 14.2. The lowest BCUT2D eigenvalue weighted by atomic mass is 9.79. The molecule has 47 heavy (non-hydrogen) atoms. The molecule has 10 heteroatoms. The van der Waals surface area contributed by atoms with Crippen LogP contribution in [-0.4, -0.2) is 52.8 Å². The van der Waals surface area contributed by atoms with Gasteiger partial charge in [-0.25, -0.2) is 21.6 Å². The van der Waals surface area contributed by atoms with E-state index in [4.69, 9.17) is 4.74 Å². The summed E-state index contributed by atoms with van der Waals surface area (Å²) in [7, 11) is -8.03. The normalized spacial score (nSPS) is 25.4. The summed E-state index contributed by atoms with van der Waals surface area (Å²) in [5.74, 6) is -1.07. The van der Waals surface area contributed by atoms with Crippen LogP contribution in [0.25, 0.3) is 0 Å². The minimum absolute atomic E-state index is 0.00423. The molecule has 0 bridgehead atoms. The van der Waals surface area contributed by atoms with Crippen LogP contribution in [0.3, 0.4) is 0 Å². The fourth-order valence-electron chi connectivity index (χ4n) is 7.38. The van der Waals surface area contributed by atoms with Crippen LogP contribution in [0.15, 0.2) is 82.6 Å². The summed E-state index contributed by atoms with van der Waals surface area (Å²) in [5, 5.41) is 0. The molecule has 1 heterocycles. The lowest BCUT2D eigenvalue weighted by molar-refractivity contribution is -0.145. The first kappa shape index (κ1) is 35.5. The Morgan fingerprint density at radius 3 is 1.89 bits per heavy atom. The first-order chi connectivity index (χ1) is 21.8. The minimum Gasteiger partial charge on any atom is -0.461 e. The molecule has 0 spiro atoms. The van der Waals surface area contributed by atoms with Crippen LogP contribution in [0.2, 0.25) is 0 Å². The highest BCUT2D eigenvalue weighted by atomic mass is 32.2. The van der Waals surface area contributed by atoms with Crippen LogP contribution in [0.1, 0.15) is 78.4 Å². The molecule has 2 aromatic carbocycles. The molecule has 3 aliphatic rings. The Morgan fingerprint density at radius 1 is 0.809 bits per heavy atom. The molecule has 0 amide bonds. The van der Waals surface area contributed by atoms with Crippen LogP contribution < -0.4 is 4.72 Å². The number of nitrogens with zero attached hydrogens (tertiary/aromatic N) is 1. The molecule has 2 saturated carbocycles. The van der Waals surface area contributed by atoms with Crippen molar-refractivity contribution in [2.24, 2.45) is 23.7 Å². The molecule has 1 aliphatic heterocycles. The van der Waals surface area contributed by atoms with E-state index < -0.39 is 31.9 Å². The number of allylic oxidation sites excluding steroid dienone is 1. The standard InChI is InChI=1S/C37H50N2O6S2/c1-24-9-20-31-32(35(40)45-34(31)33-25(2)10-19-30(24)33)23-39(47(43,44)29-17-13-27(14-18-29)37(6,7)8)22-21-38-46(41,42)28-15-11-26(12-16-28)36(3,4)5/h11-18,30-34,38H,1-2,9-10,19-23H2,3-8H3/t30-,31-,32?,33-,34-/m0/s1. The average Bonchev–Trinajstić information content (AvgIpc) is 3.48. The van der Waals surface area contributed by atoms with Gasteiger partial charge in [0, 0.05) is 31.5 Å². The smallest absolute Gasteiger partial charge is 0.311 e. The summed E-state index contributed by atoms with van der Waals surface area (Å²) in [4.78, 5) is 13.7. The van der Waals surface area contributed by atoms with Crippen molar-refractivity contribution in [3.05, 3.63) is 84.0 Å². The second kappa shape index (κ2) is 12.9. The van der Waals surface area contributed by atoms with E-state index in [0.717, 1.165) is 41.5 Å². The zero-order valence-corrected chi connectivity index (χ0v) is 30.2. The zero-order valence-electron chi connectivity index (χ0n) is 28.6. The van der Waals surface area contributed by atoms with E-state index >= 15 is 0 Å². The van der Waals surface area contributed by atoms with E-state index in [0.29, 0.717) is 6.42 Å². The Balaban J connectivity index is 1.41. The molecule has 5 atom stereocenters. The van der Waals surface area contributed by atoms with Gasteiger partial charge in [0.2, 0.25) is 20.0 Å². The largest absolute Gasteiger partial charge is 0.461 e. The Bertz CT molecular complexity index is 1730. The Hall–Kier alpha value is -2.79. The van der Waals surface area contributed by atoms with E-state index in [9.17, 15) is 21.6 Å². The van der Waals surface area contributed by atoms with E-state index in [2.05, 4.69) is 59.4 Å². The van der Waals surface area contributed by atoms with Gasteiger partial charge in [0.15, 0.2) is 0 Å². The molecule has 2 aromatic rings. The number of sulfonamides is 2. The van der Waals surface area contributed by atoms with Crippen LogP contribution in [0.5, 0.6) is 0 Å². The molecule has 0 radical (unpaired) electrons. The molecule has 1 saturated heterocycles. The molecule has 256 valence electrons. The lowest BCUT2D eigenvalue weighted by Gasteiger charge is -2.29. The third-order valence-electron chi connectivity index (χ3n) is 10.3. The minimum atomic E-state index is -4.11. The second-order valence-electron chi connectivity index (χ2n) is 15.5. The van der Waals surface area contributed by atoms with E-state index in [1.165, 1.54) is 4.31 Å². The van der Waals surface area contributed by atoms with Crippen LogP contribution >= 0.6 is 0 Å². The quantitative estimate of drug-likeness (QED) is 0.244. The summed E-state index contributed by atoms with van der Waals surface area (Å²) < 4.78 is 64.8. The van der Waals surface area contributed by atoms with Gasteiger partial charge in [-0.1, -0.05) is 90.1 Å². The first-order valence-corrected chi connectivity index (χ1v) is 19.5. The van der Waals surface area contributed by atoms with Crippen molar-refractivity contribution >= 4 is 26.0 Å². The maximum Gasteiger partial charge on any atom is 0.311 e. The number of carbonyl (C=O) groups excluding carboxylic acids is 1. The van der Waals surface area contributed by atoms with Gasteiger partial charge in [-0.2, -0.15) is 4.31 Å². The molecule has 1 N–H and O–H groups in total. The lowest BCUT2D eigenvalue weighted by Crippen LogP contribution is -2.43. The number of esters is 1. The summed E-state index contributed by atoms with van der Waals surface area (Å²) in [6, 6.07) is 13.5. The number of nitrogens with one attached hydrogen (secondary N) is 1. The first-order valence-electron chi connectivity index (χ1n) is 16.6. The monoisotopic (exact) mass is 682 g/mol. The molecule has 5 rings (SSSR count). The van der Waals surface area contributed by atoms with Crippen molar-refractivity contribution in [3.63, 3.8) is 0 Å². The van der Waals surface area contributed by atoms with Gasteiger partial charge in [-0.05, 0) is 77.8 Å². The summed E-state index contributed by atoms with van der Waals surface area (Å²) in [5.41, 5.74) is 3.90. The third-order valence-corrected chi connectivity index (χ3v) is 13.7. The van der Waals surface area contributed by atoms with Crippen LogP contribution in [0.4, 0.5) is 0 Å². The Kier molecular flexibility index (Phi) is 9.76. The highest BCUT2D eigenvalue weighted by Crippen LogP contribution is 2.52. The number of hydrogen-bond donors (Lipinski definition) is 1. The number of fused-ring (bicyclic) bond motifs is 3. The third kappa shape index (κ3) is 7.31. The molecule has 8 nitrogen and oxygen atoms in total.